The quantitative estimate of drug-likeness (QED) is 0.681. The molecule has 2 aliphatic rings. The summed E-state index contributed by atoms with van der Waals surface area (Å²) in [6, 6.07) is 7.17. The molecular weight excluding hydrogens is 398 g/mol. The molecule has 1 aromatic rings. The molecule has 0 aromatic heterocycles. The first-order valence-corrected chi connectivity index (χ1v) is 12.9. The van der Waals surface area contributed by atoms with Crippen molar-refractivity contribution in [3.63, 3.8) is 0 Å². The fraction of sp³-hybridized carbons (Fsp3) is 0.696. The van der Waals surface area contributed by atoms with Gasteiger partial charge in [-0.25, -0.2) is 8.42 Å². The van der Waals surface area contributed by atoms with Gasteiger partial charge in [-0.1, -0.05) is 25.5 Å². The van der Waals surface area contributed by atoms with Crippen molar-refractivity contribution in [2.45, 2.75) is 69.7 Å². The molecule has 0 saturated carbocycles. The third kappa shape index (κ3) is 6.53. The first kappa shape index (κ1) is 23.2. The minimum absolute atomic E-state index is 0.0533. The summed E-state index contributed by atoms with van der Waals surface area (Å²) in [4.78, 5) is 15.1. The van der Waals surface area contributed by atoms with Crippen LogP contribution in [0.15, 0.2) is 29.2 Å². The summed E-state index contributed by atoms with van der Waals surface area (Å²) in [5.74, 6) is 0.793. The van der Waals surface area contributed by atoms with Crippen molar-refractivity contribution in [2.24, 2.45) is 5.92 Å². The summed E-state index contributed by atoms with van der Waals surface area (Å²) in [6.07, 6.45) is 6.54. The topological polar surface area (TPSA) is 69.7 Å². The molecule has 1 aromatic carbocycles. The normalized spacial score (nSPS) is 22.5. The number of hydrogen-bond donors (Lipinski definition) is 1. The molecule has 2 atom stereocenters. The fourth-order valence-electron chi connectivity index (χ4n) is 4.57. The molecule has 2 fully saturated rings. The lowest BCUT2D eigenvalue weighted by atomic mass is 10.00. The van der Waals surface area contributed by atoms with Crippen LogP contribution in [0.25, 0.3) is 0 Å². The summed E-state index contributed by atoms with van der Waals surface area (Å²) in [6.45, 7) is 8.72. The summed E-state index contributed by atoms with van der Waals surface area (Å²) in [7, 11) is -3.39. The largest absolute Gasteiger partial charge is 0.352 e. The third-order valence-electron chi connectivity index (χ3n) is 6.20. The Bertz CT molecular complexity index is 788. The molecule has 2 aliphatic heterocycles. The van der Waals surface area contributed by atoms with E-state index in [9.17, 15) is 13.2 Å². The Balaban J connectivity index is 1.44. The van der Waals surface area contributed by atoms with E-state index in [0.29, 0.717) is 30.8 Å². The highest BCUT2D eigenvalue weighted by atomic mass is 32.2. The van der Waals surface area contributed by atoms with E-state index in [1.54, 1.807) is 16.4 Å². The van der Waals surface area contributed by atoms with E-state index in [-0.39, 0.29) is 11.9 Å². The van der Waals surface area contributed by atoms with Gasteiger partial charge in [0.25, 0.3) is 0 Å². The number of piperidine rings is 2. The standard InChI is InChI=1S/C23H37N3O3S/c1-19-7-6-14-25(17-19)18-20(2)24-23(27)13-10-21-8-11-22(12-9-21)30(28,29)26-15-4-3-5-16-26/h8-9,11-12,19-20H,3-7,10,13-18H2,1-2H3,(H,24,27). The van der Waals surface area contributed by atoms with Crippen molar-refractivity contribution >= 4 is 15.9 Å². The predicted molar refractivity (Wildman–Crippen MR) is 120 cm³/mol. The maximum absolute atomic E-state index is 12.7. The smallest absolute Gasteiger partial charge is 0.243 e. The van der Waals surface area contributed by atoms with Gasteiger partial charge in [0.1, 0.15) is 0 Å². The molecule has 2 saturated heterocycles. The number of nitrogens with zero attached hydrogens (tertiary/aromatic N) is 2. The van der Waals surface area contributed by atoms with Gasteiger partial charge in [-0.2, -0.15) is 4.31 Å². The van der Waals surface area contributed by atoms with Crippen molar-refractivity contribution in [1.29, 1.82) is 0 Å². The number of rotatable bonds is 8. The number of benzene rings is 1. The number of carbonyl (C=O) groups is 1. The van der Waals surface area contributed by atoms with Crippen molar-refractivity contribution in [2.75, 3.05) is 32.7 Å². The summed E-state index contributed by atoms with van der Waals surface area (Å²) in [5.41, 5.74) is 0.986. The first-order chi connectivity index (χ1) is 14.3. The molecule has 0 radical (unpaired) electrons. The minimum atomic E-state index is -3.39. The molecule has 7 heteroatoms. The number of amides is 1. The fourth-order valence-corrected chi connectivity index (χ4v) is 6.09. The number of aryl methyl sites for hydroxylation is 1. The van der Waals surface area contributed by atoms with Gasteiger partial charge in [0.05, 0.1) is 4.90 Å². The molecule has 168 valence electrons. The van der Waals surface area contributed by atoms with Crippen LogP contribution in [0, 0.1) is 5.92 Å². The van der Waals surface area contributed by atoms with Crippen LogP contribution in [0.1, 0.15) is 57.9 Å². The third-order valence-corrected chi connectivity index (χ3v) is 8.11. The van der Waals surface area contributed by atoms with Gasteiger partial charge in [0.15, 0.2) is 0 Å². The summed E-state index contributed by atoms with van der Waals surface area (Å²) < 4.78 is 27.0. The van der Waals surface area contributed by atoms with Crippen LogP contribution in [0.4, 0.5) is 0 Å². The number of carbonyl (C=O) groups excluding carboxylic acids is 1. The average molecular weight is 436 g/mol. The second-order valence-corrected chi connectivity index (χ2v) is 11.0. The number of hydrogen-bond acceptors (Lipinski definition) is 4. The molecule has 2 unspecified atom stereocenters. The van der Waals surface area contributed by atoms with Crippen LogP contribution >= 0.6 is 0 Å². The summed E-state index contributed by atoms with van der Waals surface area (Å²) >= 11 is 0. The van der Waals surface area contributed by atoms with E-state index in [1.165, 1.54) is 12.8 Å². The molecule has 1 amide bonds. The molecule has 1 N–H and O–H groups in total. The maximum atomic E-state index is 12.7. The lowest BCUT2D eigenvalue weighted by Gasteiger charge is -2.32. The Morgan fingerprint density at radius 3 is 2.47 bits per heavy atom. The lowest BCUT2D eigenvalue weighted by Crippen LogP contribution is -2.45. The SMILES string of the molecule is CC1CCCN(CC(C)NC(=O)CCc2ccc(S(=O)(=O)N3CCCCC3)cc2)C1. The molecule has 0 aliphatic carbocycles. The van der Waals surface area contributed by atoms with E-state index < -0.39 is 10.0 Å². The number of likely N-dealkylation sites (tertiary alicyclic amines) is 1. The van der Waals surface area contributed by atoms with Crippen LogP contribution in [0.5, 0.6) is 0 Å². The minimum Gasteiger partial charge on any atom is -0.352 e. The molecular formula is C23H37N3O3S. The van der Waals surface area contributed by atoms with E-state index in [1.807, 2.05) is 12.1 Å². The van der Waals surface area contributed by atoms with E-state index in [0.717, 1.165) is 50.4 Å². The highest BCUT2D eigenvalue weighted by Crippen LogP contribution is 2.21. The molecule has 6 nitrogen and oxygen atoms in total. The maximum Gasteiger partial charge on any atom is 0.243 e. The Morgan fingerprint density at radius 2 is 1.80 bits per heavy atom. The second kappa shape index (κ2) is 10.7. The van der Waals surface area contributed by atoms with Gasteiger partial charge < -0.3 is 10.2 Å². The first-order valence-electron chi connectivity index (χ1n) is 11.5. The van der Waals surface area contributed by atoms with Gasteiger partial charge in [0.2, 0.25) is 15.9 Å². The zero-order valence-electron chi connectivity index (χ0n) is 18.5. The van der Waals surface area contributed by atoms with E-state index >= 15 is 0 Å². The number of sulfonamides is 1. The Labute approximate surface area is 182 Å². The van der Waals surface area contributed by atoms with Crippen LogP contribution in [-0.4, -0.2) is 62.3 Å². The predicted octanol–water partition coefficient (Wildman–Crippen LogP) is 3.03. The van der Waals surface area contributed by atoms with Crippen molar-refractivity contribution in [1.82, 2.24) is 14.5 Å². The van der Waals surface area contributed by atoms with Crippen molar-refractivity contribution < 1.29 is 13.2 Å². The Kier molecular flexibility index (Phi) is 8.31. The zero-order valence-corrected chi connectivity index (χ0v) is 19.3. The van der Waals surface area contributed by atoms with Gasteiger partial charge >= 0.3 is 0 Å². The lowest BCUT2D eigenvalue weighted by molar-refractivity contribution is -0.121. The van der Waals surface area contributed by atoms with E-state index in [4.69, 9.17) is 0 Å². The summed E-state index contributed by atoms with van der Waals surface area (Å²) in [5, 5.41) is 3.11. The zero-order chi connectivity index (χ0) is 21.6. The average Bonchev–Trinajstić information content (AvgIpc) is 2.73. The van der Waals surface area contributed by atoms with Crippen molar-refractivity contribution in [3.05, 3.63) is 29.8 Å². The highest BCUT2D eigenvalue weighted by Gasteiger charge is 2.25. The van der Waals surface area contributed by atoms with E-state index in [2.05, 4.69) is 24.1 Å². The van der Waals surface area contributed by atoms with Crippen molar-refractivity contribution in [3.8, 4) is 0 Å². The molecule has 3 rings (SSSR count). The molecule has 0 spiro atoms. The monoisotopic (exact) mass is 435 g/mol. The molecule has 0 bridgehead atoms. The molecule has 2 heterocycles. The Morgan fingerprint density at radius 1 is 1.10 bits per heavy atom. The second-order valence-electron chi connectivity index (χ2n) is 9.08. The van der Waals surface area contributed by atoms with Gasteiger partial charge in [-0.3, -0.25) is 4.79 Å². The number of nitrogens with one attached hydrogen (secondary N) is 1. The molecule has 30 heavy (non-hydrogen) atoms. The van der Waals surface area contributed by atoms with Crippen LogP contribution in [0.2, 0.25) is 0 Å². The van der Waals surface area contributed by atoms with Gasteiger partial charge in [-0.05, 0) is 69.2 Å². The highest BCUT2D eigenvalue weighted by molar-refractivity contribution is 7.89. The van der Waals surface area contributed by atoms with Gasteiger partial charge in [-0.15, -0.1) is 0 Å². The van der Waals surface area contributed by atoms with Crippen LogP contribution in [0.3, 0.4) is 0 Å². The van der Waals surface area contributed by atoms with Crippen LogP contribution in [-0.2, 0) is 21.2 Å². The van der Waals surface area contributed by atoms with Crippen LogP contribution < -0.4 is 5.32 Å². The van der Waals surface area contributed by atoms with Gasteiger partial charge in [0, 0.05) is 38.6 Å². The Hall–Kier alpha value is -1.44.